The lowest BCUT2D eigenvalue weighted by Gasteiger charge is -2.24. The van der Waals surface area contributed by atoms with Crippen LogP contribution in [0, 0.1) is 6.92 Å². The number of anilines is 1. The Hall–Kier alpha value is -1.51. The molecule has 80 valence electrons. The van der Waals surface area contributed by atoms with Crippen LogP contribution >= 0.6 is 0 Å². The van der Waals surface area contributed by atoms with Crippen LogP contribution in [0.15, 0.2) is 18.2 Å². The van der Waals surface area contributed by atoms with Crippen molar-refractivity contribution in [2.45, 2.75) is 25.7 Å². The van der Waals surface area contributed by atoms with Gasteiger partial charge in [0.05, 0.1) is 0 Å². The van der Waals surface area contributed by atoms with Crippen LogP contribution < -0.4 is 11.1 Å². The summed E-state index contributed by atoms with van der Waals surface area (Å²) < 4.78 is 0. The molecule has 1 heterocycles. The zero-order valence-electron chi connectivity index (χ0n) is 9.13. The molecule has 1 atom stereocenters. The molecule has 1 saturated heterocycles. The van der Waals surface area contributed by atoms with E-state index in [1.165, 1.54) is 5.56 Å². The number of nitrogens with two attached hydrogens (primary N) is 1. The minimum atomic E-state index is -0.101. The predicted octanol–water partition coefficient (Wildman–Crippen LogP) is 1.35. The third kappa shape index (κ3) is 1.58. The molecule has 0 aromatic heterocycles. The monoisotopic (exact) mass is 204 g/mol. The number of nitrogens with one attached hydrogen (secondary N) is 1. The van der Waals surface area contributed by atoms with Crippen molar-refractivity contribution in [3.63, 3.8) is 0 Å². The molecule has 3 nitrogen and oxygen atoms in total. The second-order valence-electron chi connectivity index (χ2n) is 4.53. The highest BCUT2D eigenvalue weighted by Gasteiger charge is 2.36. The number of hydrogen-bond donors (Lipinski definition) is 2. The van der Waals surface area contributed by atoms with Gasteiger partial charge in [-0.2, -0.15) is 0 Å². The second-order valence-corrected chi connectivity index (χ2v) is 4.53. The number of benzene rings is 1. The Kier molecular flexibility index (Phi) is 2.18. The number of hydrogen-bond acceptors (Lipinski definition) is 2. The summed E-state index contributed by atoms with van der Waals surface area (Å²) in [6.07, 6.45) is 0.553. The SMILES string of the molecule is Cc1c(N)cccc1C1(C)CNC(=O)C1. The molecule has 0 aliphatic carbocycles. The highest BCUT2D eigenvalue weighted by atomic mass is 16.1. The van der Waals surface area contributed by atoms with Gasteiger partial charge in [0.25, 0.3) is 0 Å². The number of rotatable bonds is 1. The average molecular weight is 204 g/mol. The third-order valence-electron chi connectivity index (χ3n) is 3.25. The first-order valence-electron chi connectivity index (χ1n) is 5.15. The van der Waals surface area contributed by atoms with E-state index in [2.05, 4.69) is 18.3 Å². The molecule has 3 heteroatoms. The summed E-state index contributed by atoms with van der Waals surface area (Å²) in [6.45, 7) is 4.82. The number of carbonyl (C=O) groups is 1. The van der Waals surface area contributed by atoms with Crippen molar-refractivity contribution >= 4 is 11.6 Å². The van der Waals surface area contributed by atoms with Crippen molar-refractivity contribution in [1.29, 1.82) is 0 Å². The van der Waals surface area contributed by atoms with Crippen LogP contribution in [0.2, 0.25) is 0 Å². The van der Waals surface area contributed by atoms with E-state index in [4.69, 9.17) is 5.73 Å². The van der Waals surface area contributed by atoms with Gasteiger partial charge in [0.15, 0.2) is 0 Å². The van der Waals surface area contributed by atoms with Gasteiger partial charge < -0.3 is 11.1 Å². The molecule has 0 bridgehead atoms. The van der Waals surface area contributed by atoms with E-state index in [0.717, 1.165) is 11.3 Å². The van der Waals surface area contributed by atoms with Crippen LogP contribution in [0.4, 0.5) is 5.69 Å². The van der Waals surface area contributed by atoms with Crippen LogP contribution in [0.3, 0.4) is 0 Å². The molecular formula is C12H16N2O. The molecule has 1 aromatic carbocycles. The summed E-state index contributed by atoms with van der Waals surface area (Å²) in [5, 5.41) is 2.88. The Labute approximate surface area is 89.7 Å². The highest BCUT2D eigenvalue weighted by Crippen LogP contribution is 2.34. The molecule has 0 radical (unpaired) electrons. The van der Waals surface area contributed by atoms with Gasteiger partial charge in [0.2, 0.25) is 5.91 Å². The Morgan fingerprint density at radius 2 is 2.20 bits per heavy atom. The molecular weight excluding hydrogens is 188 g/mol. The number of carbonyl (C=O) groups excluding carboxylic acids is 1. The zero-order chi connectivity index (χ0) is 11.1. The smallest absolute Gasteiger partial charge is 0.220 e. The van der Waals surface area contributed by atoms with Crippen molar-refractivity contribution < 1.29 is 4.79 Å². The van der Waals surface area contributed by atoms with Crippen LogP contribution in [0.5, 0.6) is 0 Å². The molecule has 1 aliphatic heterocycles. The van der Waals surface area contributed by atoms with E-state index in [0.29, 0.717) is 13.0 Å². The maximum absolute atomic E-state index is 11.3. The van der Waals surface area contributed by atoms with E-state index in [1.54, 1.807) is 0 Å². The third-order valence-corrected chi connectivity index (χ3v) is 3.25. The molecule has 1 aliphatic rings. The van der Waals surface area contributed by atoms with E-state index in [-0.39, 0.29) is 11.3 Å². The van der Waals surface area contributed by atoms with Gasteiger partial charge in [-0.25, -0.2) is 0 Å². The summed E-state index contributed by atoms with van der Waals surface area (Å²) in [5.74, 6) is 0.124. The van der Waals surface area contributed by atoms with Crippen LogP contribution in [0.1, 0.15) is 24.5 Å². The van der Waals surface area contributed by atoms with Crippen molar-refractivity contribution in [2.75, 3.05) is 12.3 Å². The molecule has 0 saturated carbocycles. The minimum absolute atomic E-state index is 0.101. The maximum atomic E-state index is 11.3. The number of nitrogen functional groups attached to an aromatic ring is 1. The van der Waals surface area contributed by atoms with E-state index in [9.17, 15) is 4.79 Å². The van der Waals surface area contributed by atoms with E-state index >= 15 is 0 Å². The fraction of sp³-hybridized carbons (Fsp3) is 0.417. The van der Waals surface area contributed by atoms with Gasteiger partial charge in [-0.3, -0.25) is 4.79 Å². The fourth-order valence-electron chi connectivity index (χ4n) is 2.27. The van der Waals surface area contributed by atoms with Gasteiger partial charge in [0.1, 0.15) is 0 Å². The molecule has 15 heavy (non-hydrogen) atoms. The number of amides is 1. The molecule has 1 fully saturated rings. The summed E-state index contributed by atoms with van der Waals surface area (Å²) >= 11 is 0. The van der Waals surface area contributed by atoms with Gasteiger partial charge >= 0.3 is 0 Å². The molecule has 1 amide bonds. The average Bonchev–Trinajstić information content (AvgIpc) is 2.52. The Bertz CT molecular complexity index is 414. The Balaban J connectivity index is 2.45. The largest absolute Gasteiger partial charge is 0.399 e. The summed E-state index contributed by atoms with van der Waals surface area (Å²) in [4.78, 5) is 11.3. The Morgan fingerprint density at radius 3 is 2.80 bits per heavy atom. The second kappa shape index (κ2) is 3.26. The van der Waals surface area contributed by atoms with E-state index < -0.39 is 0 Å². The van der Waals surface area contributed by atoms with Crippen molar-refractivity contribution in [2.24, 2.45) is 0 Å². The lowest BCUT2D eigenvalue weighted by molar-refractivity contribution is -0.119. The first-order valence-corrected chi connectivity index (χ1v) is 5.15. The van der Waals surface area contributed by atoms with E-state index in [1.807, 2.05) is 19.1 Å². The normalized spacial score (nSPS) is 25.3. The summed E-state index contributed by atoms with van der Waals surface area (Å²) in [6, 6.07) is 5.91. The van der Waals surface area contributed by atoms with Gasteiger partial charge in [-0.1, -0.05) is 19.1 Å². The molecule has 1 unspecified atom stereocenters. The molecule has 2 rings (SSSR count). The predicted molar refractivity (Wildman–Crippen MR) is 60.6 cm³/mol. The molecule has 3 N–H and O–H groups in total. The first kappa shape index (κ1) is 10.0. The quantitative estimate of drug-likeness (QED) is 0.678. The topological polar surface area (TPSA) is 55.1 Å². The van der Waals surface area contributed by atoms with Gasteiger partial charge in [0, 0.05) is 24.1 Å². The highest BCUT2D eigenvalue weighted by molar-refractivity contribution is 5.81. The van der Waals surface area contributed by atoms with Crippen LogP contribution in [0.25, 0.3) is 0 Å². The maximum Gasteiger partial charge on any atom is 0.220 e. The van der Waals surface area contributed by atoms with Crippen molar-refractivity contribution in [3.8, 4) is 0 Å². The van der Waals surface area contributed by atoms with Crippen LogP contribution in [-0.4, -0.2) is 12.5 Å². The minimum Gasteiger partial charge on any atom is -0.399 e. The molecule has 0 spiro atoms. The summed E-state index contributed by atoms with van der Waals surface area (Å²) in [5.41, 5.74) is 8.85. The standard InChI is InChI=1S/C12H16N2O/c1-8-9(4-3-5-10(8)13)12(2)6-11(15)14-7-12/h3-5H,6-7,13H2,1-2H3,(H,14,15). The van der Waals surface area contributed by atoms with Gasteiger partial charge in [-0.15, -0.1) is 0 Å². The first-order chi connectivity index (χ1) is 7.03. The summed E-state index contributed by atoms with van der Waals surface area (Å²) in [7, 11) is 0. The molecule has 1 aromatic rings. The lowest BCUT2D eigenvalue weighted by Crippen LogP contribution is -2.26. The Morgan fingerprint density at radius 1 is 1.47 bits per heavy atom. The van der Waals surface area contributed by atoms with Gasteiger partial charge in [-0.05, 0) is 24.1 Å². The van der Waals surface area contributed by atoms with Crippen molar-refractivity contribution in [1.82, 2.24) is 5.32 Å². The van der Waals surface area contributed by atoms with Crippen LogP contribution in [-0.2, 0) is 10.2 Å². The zero-order valence-corrected chi connectivity index (χ0v) is 9.13. The fourth-order valence-corrected chi connectivity index (χ4v) is 2.27. The van der Waals surface area contributed by atoms with Crippen molar-refractivity contribution in [3.05, 3.63) is 29.3 Å². The lowest BCUT2D eigenvalue weighted by atomic mass is 9.79.